The molecule has 1 fully saturated rings. The number of rotatable bonds is 3. The third-order valence-corrected chi connectivity index (χ3v) is 7.40. The Hall–Kier alpha value is -4.13. The van der Waals surface area contributed by atoms with Crippen LogP contribution in [0.1, 0.15) is 29.2 Å². The molecule has 1 saturated heterocycles. The van der Waals surface area contributed by atoms with E-state index in [-0.39, 0.29) is 22.5 Å². The van der Waals surface area contributed by atoms with E-state index < -0.39 is 17.5 Å². The first-order valence-corrected chi connectivity index (χ1v) is 12.4. The average Bonchev–Trinajstić information content (AvgIpc) is 2.87. The summed E-state index contributed by atoms with van der Waals surface area (Å²) in [5.74, 6) is -0.669. The molecule has 6 rings (SSSR count). The van der Waals surface area contributed by atoms with Crippen LogP contribution in [-0.4, -0.2) is 46.5 Å². The van der Waals surface area contributed by atoms with Gasteiger partial charge in [0, 0.05) is 30.2 Å². The van der Waals surface area contributed by atoms with E-state index in [4.69, 9.17) is 4.42 Å². The second-order valence-electron chi connectivity index (χ2n) is 9.84. The van der Waals surface area contributed by atoms with Crippen LogP contribution in [-0.2, 0) is 0 Å². The number of aliphatic hydroxyl groups excluding tert-OH is 1. The fraction of sp³-hybridized carbons (Fsp3) is 0.194. The van der Waals surface area contributed by atoms with E-state index in [0.29, 0.717) is 24.3 Å². The van der Waals surface area contributed by atoms with Gasteiger partial charge >= 0.3 is 0 Å². The highest BCUT2D eigenvalue weighted by molar-refractivity contribution is 6.07. The van der Waals surface area contributed by atoms with Crippen molar-refractivity contribution in [3.63, 3.8) is 0 Å². The quantitative estimate of drug-likeness (QED) is 0.289. The molecule has 0 radical (unpaired) electrons. The molecule has 0 saturated carbocycles. The number of benzene rings is 4. The highest BCUT2D eigenvalue weighted by atomic mass is 16.3. The maximum atomic E-state index is 13.1. The summed E-state index contributed by atoms with van der Waals surface area (Å²) in [4.78, 5) is 15.1. The van der Waals surface area contributed by atoms with Gasteiger partial charge in [-0.25, -0.2) is 0 Å². The van der Waals surface area contributed by atoms with Crippen LogP contribution in [0, 0.1) is 0 Å². The molecule has 37 heavy (non-hydrogen) atoms. The van der Waals surface area contributed by atoms with Gasteiger partial charge in [0.15, 0.2) is 5.43 Å². The van der Waals surface area contributed by atoms with E-state index in [2.05, 4.69) is 30.3 Å². The molecule has 0 amide bonds. The van der Waals surface area contributed by atoms with E-state index in [1.807, 2.05) is 42.3 Å². The van der Waals surface area contributed by atoms with Gasteiger partial charge in [-0.15, -0.1) is 0 Å². The number of aromatic hydroxyl groups is 2. The Balaban J connectivity index is 1.53. The lowest BCUT2D eigenvalue weighted by Crippen LogP contribution is -2.40. The van der Waals surface area contributed by atoms with E-state index in [9.17, 15) is 20.1 Å². The Kier molecular flexibility index (Phi) is 5.71. The van der Waals surface area contributed by atoms with Crippen molar-refractivity contribution in [3.8, 4) is 11.5 Å². The fourth-order valence-electron chi connectivity index (χ4n) is 5.60. The van der Waals surface area contributed by atoms with Crippen molar-refractivity contribution in [1.82, 2.24) is 4.90 Å². The molecule has 6 nitrogen and oxygen atoms in total. The molecule has 1 aromatic heterocycles. The van der Waals surface area contributed by atoms with Crippen LogP contribution in [0.25, 0.3) is 44.7 Å². The van der Waals surface area contributed by atoms with Gasteiger partial charge in [0.05, 0.1) is 6.10 Å². The number of nitrogens with zero attached hydrogens (tertiary/aromatic N) is 1. The summed E-state index contributed by atoms with van der Waals surface area (Å²) in [6.45, 7) is 1.16. The minimum Gasteiger partial charge on any atom is -0.507 e. The molecule has 0 spiro atoms. The first kappa shape index (κ1) is 23.3. The summed E-state index contributed by atoms with van der Waals surface area (Å²) in [5, 5.41) is 36.4. The summed E-state index contributed by atoms with van der Waals surface area (Å²) < 4.78 is 6.18. The Labute approximate surface area is 213 Å². The fourth-order valence-corrected chi connectivity index (χ4v) is 5.60. The lowest BCUT2D eigenvalue weighted by molar-refractivity contribution is 0.0630. The Bertz CT molecular complexity index is 1700. The van der Waals surface area contributed by atoms with Gasteiger partial charge in [0.2, 0.25) is 0 Å². The van der Waals surface area contributed by atoms with E-state index in [1.54, 1.807) is 6.08 Å². The standard InChI is InChI=1S/C31H27NO5/c1-32-13-12-24(28(36)17-32)29-26(34)16-27(35)30-25(33)15-20(37-31(29)30)10-11-23-21-8-4-2-6-18(21)14-19-7-3-5-9-22(19)23/h2-11,14-16,24,28,34-36H,12-13,17H2,1H3. The number of fused-ring (bicyclic) bond motifs is 3. The van der Waals surface area contributed by atoms with Crippen LogP contribution >= 0.6 is 0 Å². The third-order valence-electron chi connectivity index (χ3n) is 7.40. The number of hydrogen-bond donors (Lipinski definition) is 3. The second kappa shape index (κ2) is 9.07. The smallest absolute Gasteiger partial charge is 0.197 e. The predicted molar refractivity (Wildman–Crippen MR) is 147 cm³/mol. The van der Waals surface area contributed by atoms with Gasteiger partial charge in [-0.2, -0.15) is 0 Å². The van der Waals surface area contributed by atoms with Crippen molar-refractivity contribution in [2.24, 2.45) is 0 Å². The van der Waals surface area contributed by atoms with Gasteiger partial charge < -0.3 is 24.6 Å². The van der Waals surface area contributed by atoms with Crippen molar-refractivity contribution in [3.05, 3.63) is 93.8 Å². The normalized spacial score (nSPS) is 18.9. The van der Waals surface area contributed by atoms with E-state index in [1.165, 1.54) is 6.07 Å². The number of likely N-dealkylation sites (N-methyl/N-ethyl adjacent to an activating group) is 1. The first-order chi connectivity index (χ1) is 17.9. The second-order valence-corrected chi connectivity index (χ2v) is 9.84. The molecule has 2 unspecified atom stereocenters. The van der Waals surface area contributed by atoms with Crippen LogP contribution in [0.15, 0.2) is 75.9 Å². The molecule has 3 N–H and O–H groups in total. The van der Waals surface area contributed by atoms with Crippen molar-refractivity contribution in [1.29, 1.82) is 0 Å². The zero-order valence-corrected chi connectivity index (χ0v) is 20.4. The van der Waals surface area contributed by atoms with E-state index >= 15 is 0 Å². The molecule has 0 aliphatic carbocycles. The molecule has 1 aliphatic rings. The molecule has 1 aliphatic heterocycles. The number of aliphatic hydroxyl groups is 1. The van der Waals surface area contributed by atoms with Crippen molar-refractivity contribution >= 4 is 44.7 Å². The number of phenolic OH excluding ortho intramolecular Hbond substituents is 2. The summed E-state index contributed by atoms with van der Waals surface area (Å²) in [6, 6.07) is 20.9. The van der Waals surface area contributed by atoms with Crippen LogP contribution in [0.3, 0.4) is 0 Å². The number of hydrogen-bond acceptors (Lipinski definition) is 6. The maximum absolute atomic E-state index is 13.1. The molecular formula is C31H27NO5. The van der Waals surface area contributed by atoms with Crippen molar-refractivity contribution in [2.75, 3.05) is 20.1 Å². The number of phenols is 2. The van der Waals surface area contributed by atoms with Gasteiger partial charge in [-0.3, -0.25) is 4.79 Å². The van der Waals surface area contributed by atoms with Crippen LogP contribution < -0.4 is 5.43 Å². The first-order valence-electron chi connectivity index (χ1n) is 12.4. The average molecular weight is 494 g/mol. The molecule has 6 heteroatoms. The minimum absolute atomic E-state index is 0.00619. The van der Waals surface area contributed by atoms with Gasteiger partial charge in [-0.05, 0) is 59.3 Å². The molecule has 0 bridgehead atoms. The van der Waals surface area contributed by atoms with Crippen LogP contribution in [0.4, 0.5) is 0 Å². The molecular weight excluding hydrogens is 466 g/mol. The highest BCUT2D eigenvalue weighted by Gasteiger charge is 2.32. The topological polar surface area (TPSA) is 94.1 Å². The Morgan fingerprint density at radius 3 is 2.27 bits per heavy atom. The minimum atomic E-state index is -0.746. The monoisotopic (exact) mass is 493 g/mol. The highest BCUT2D eigenvalue weighted by Crippen LogP contribution is 2.42. The molecule has 2 atom stereocenters. The van der Waals surface area contributed by atoms with Crippen LogP contribution in [0.2, 0.25) is 0 Å². The number of piperidine rings is 1. The Morgan fingerprint density at radius 1 is 0.919 bits per heavy atom. The summed E-state index contributed by atoms with van der Waals surface area (Å²) >= 11 is 0. The van der Waals surface area contributed by atoms with Crippen molar-refractivity contribution in [2.45, 2.75) is 18.4 Å². The lowest BCUT2D eigenvalue weighted by Gasteiger charge is -2.34. The van der Waals surface area contributed by atoms with Gasteiger partial charge in [-0.1, -0.05) is 54.6 Å². The zero-order chi connectivity index (χ0) is 25.7. The predicted octanol–water partition coefficient (Wildman–Crippen LogP) is 5.46. The Morgan fingerprint density at radius 2 is 1.59 bits per heavy atom. The SMILES string of the molecule is CN1CCC(c2c(O)cc(O)c3c(=O)cc(C=Cc4c5ccccc5cc5ccccc45)oc23)C(O)C1. The van der Waals surface area contributed by atoms with Gasteiger partial charge in [0.1, 0.15) is 28.2 Å². The van der Waals surface area contributed by atoms with Gasteiger partial charge in [0.25, 0.3) is 0 Å². The summed E-state index contributed by atoms with van der Waals surface area (Å²) in [6.07, 6.45) is 3.51. The number of β-amino-alcohol motifs (C(OH)–C–C–N with tert-alkyl or cyclic N) is 1. The third kappa shape index (κ3) is 4.04. The van der Waals surface area contributed by atoms with E-state index in [0.717, 1.165) is 39.7 Å². The molecule has 2 heterocycles. The number of likely N-dealkylation sites (tertiary alicyclic amines) is 1. The molecule has 4 aromatic carbocycles. The summed E-state index contributed by atoms with van der Waals surface area (Å²) in [7, 11) is 1.92. The zero-order valence-electron chi connectivity index (χ0n) is 20.4. The maximum Gasteiger partial charge on any atom is 0.197 e. The van der Waals surface area contributed by atoms with Crippen LogP contribution in [0.5, 0.6) is 11.5 Å². The largest absolute Gasteiger partial charge is 0.507 e. The molecule has 186 valence electrons. The van der Waals surface area contributed by atoms with Crippen molar-refractivity contribution < 1.29 is 19.7 Å². The molecule has 5 aromatic rings. The summed E-state index contributed by atoms with van der Waals surface area (Å²) in [5.41, 5.74) is 1.06. The lowest BCUT2D eigenvalue weighted by atomic mass is 9.85.